The van der Waals surface area contributed by atoms with Crippen molar-refractivity contribution in [3.8, 4) is 0 Å². The summed E-state index contributed by atoms with van der Waals surface area (Å²) < 4.78 is 17.7. The molecule has 1 fully saturated rings. The Morgan fingerprint density at radius 3 is 2.17 bits per heavy atom. The van der Waals surface area contributed by atoms with Crippen LogP contribution in [0.3, 0.4) is 0 Å². The van der Waals surface area contributed by atoms with Crippen LogP contribution >= 0.6 is 11.8 Å². The molecule has 0 aromatic heterocycles. The van der Waals surface area contributed by atoms with Crippen molar-refractivity contribution in [2.45, 2.75) is 55.4 Å². The topological polar surface area (TPSA) is 143 Å². The summed E-state index contributed by atoms with van der Waals surface area (Å²) in [5.41, 5.74) is 4.58. The highest BCUT2D eigenvalue weighted by Crippen LogP contribution is 2.39. The third kappa shape index (κ3) is 9.68. The first-order valence-electron chi connectivity index (χ1n) is 15.5. The highest BCUT2D eigenvalue weighted by molar-refractivity contribution is 7.99. The lowest BCUT2D eigenvalue weighted by Gasteiger charge is -2.36. The molecule has 1 saturated heterocycles. The monoisotopic (exact) mass is 670 g/mol. The number of rotatable bonds is 13. The molecule has 2 amide bonds. The van der Waals surface area contributed by atoms with E-state index in [0.29, 0.717) is 18.6 Å². The molecule has 1 heterocycles. The van der Waals surface area contributed by atoms with Gasteiger partial charge in [-0.1, -0.05) is 78.9 Å². The Kier molecular flexibility index (Phi) is 12.2. The van der Waals surface area contributed by atoms with E-state index in [-0.39, 0.29) is 30.9 Å². The van der Waals surface area contributed by atoms with Gasteiger partial charge >= 0.3 is 18.0 Å². The van der Waals surface area contributed by atoms with Crippen LogP contribution in [0.5, 0.6) is 0 Å². The fourth-order valence-electron chi connectivity index (χ4n) is 5.28. The van der Waals surface area contributed by atoms with Gasteiger partial charge in [-0.2, -0.15) is 0 Å². The molecule has 48 heavy (non-hydrogen) atoms. The molecule has 4 N–H and O–H groups in total. The number of aliphatic hydroxyl groups is 1. The lowest BCUT2D eigenvalue weighted by molar-refractivity contribution is -0.245. The molecule has 0 saturated carbocycles. The van der Waals surface area contributed by atoms with Crippen LogP contribution in [0.2, 0.25) is 0 Å². The molecule has 4 atom stereocenters. The standard InChI is InChI=1S/C37H38N2O8S/c1-45-35(43)32(19-24-5-3-2-4-6-24)39-37(44)38-21-25-7-13-29(14-8-25)36-46-30(23-48-31-17-15-28(16-18-31)34(41)42)20-33(47-36)27-11-9-26(22-40)10-12-27/h2-18,30,32-33,36,40H,19-23H2,1H3,(H,41,42)(H2,38,39,44). The first kappa shape index (κ1) is 34.6. The summed E-state index contributed by atoms with van der Waals surface area (Å²) in [6.07, 6.45) is -0.145. The highest BCUT2D eigenvalue weighted by atomic mass is 32.2. The maximum Gasteiger partial charge on any atom is 0.335 e. The van der Waals surface area contributed by atoms with Crippen molar-refractivity contribution in [3.63, 3.8) is 0 Å². The zero-order valence-electron chi connectivity index (χ0n) is 26.4. The quantitative estimate of drug-likeness (QED) is 0.103. The number of carboxylic acid groups (broad SMARTS) is 1. The van der Waals surface area contributed by atoms with E-state index in [1.807, 2.05) is 78.9 Å². The molecular weight excluding hydrogens is 632 g/mol. The second-order valence-corrected chi connectivity index (χ2v) is 12.4. The number of hydrogen-bond acceptors (Lipinski definition) is 8. The third-order valence-corrected chi connectivity index (χ3v) is 9.07. The SMILES string of the molecule is COC(=O)C(Cc1ccccc1)NC(=O)NCc1ccc(C2OC(CSc3ccc(C(=O)O)cc3)CC(c3ccc(CO)cc3)O2)cc1. The van der Waals surface area contributed by atoms with Crippen LogP contribution in [-0.4, -0.2) is 53.2 Å². The molecule has 10 nitrogen and oxygen atoms in total. The van der Waals surface area contributed by atoms with Gasteiger partial charge in [0.15, 0.2) is 6.29 Å². The van der Waals surface area contributed by atoms with Gasteiger partial charge in [0.05, 0.1) is 31.5 Å². The number of methoxy groups -OCH3 is 1. The first-order chi connectivity index (χ1) is 23.3. The maximum atomic E-state index is 12.7. The summed E-state index contributed by atoms with van der Waals surface area (Å²) in [6.45, 7) is 0.192. The van der Waals surface area contributed by atoms with E-state index in [2.05, 4.69) is 10.6 Å². The Balaban J connectivity index is 1.22. The second-order valence-electron chi connectivity index (χ2n) is 11.3. The van der Waals surface area contributed by atoms with E-state index in [1.165, 1.54) is 7.11 Å². The normalized spacial score (nSPS) is 18.0. The number of hydrogen-bond donors (Lipinski definition) is 4. The van der Waals surface area contributed by atoms with E-state index >= 15 is 0 Å². The number of urea groups is 1. The molecule has 1 aliphatic rings. The average Bonchev–Trinajstić information content (AvgIpc) is 3.13. The Morgan fingerprint density at radius 2 is 1.52 bits per heavy atom. The summed E-state index contributed by atoms with van der Waals surface area (Å²) in [5.74, 6) is -0.861. The number of aliphatic hydroxyl groups excluding tert-OH is 1. The summed E-state index contributed by atoms with van der Waals surface area (Å²) in [4.78, 5) is 37.2. The number of amides is 2. The van der Waals surface area contributed by atoms with Crippen molar-refractivity contribution in [3.05, 3.63) is 137 Å². The van der Waals surface area contributed by atoms with Gasteiger partial charge in [-0.15, -0.1) is 11.8 Å². The Morgan fingerprint density at radius 1 is 0.854 bits per heavy atom. The minimum absolute atomic E-state index is 0.0418. The van der Waals surface area contributed by atoms with Gasteiger partial charge in [0.2, 0.25) is 0 Å². The van der Waals surface area contributed by atoms with Crippen molar-refractivity contribution in [2.24, 2.45) is 0 Å². The molecule has 11 heteroatoms. The fourth-order valence-corrected chi connectivity index (χ4v) is 6.20. The van der Waals surface area contributed by atoms with E-state index in [1.54, 1.807) is 36.0 Å². The van der Waals surface area contributed by atoms with Crippen LogP contribution in [0.4, 0.5) is 4.79 Å². The molecular formula is C37H38N2O8S. The van der Waals surface area contributed by atoms with Gasteiger partial charge in [-0.05, 0) is 46.5 Å². The maximum absolute atomic E-state index is 12.7. The number of benzene rings is 4. The zero-order valence-corrected chi connectivity index (χ0v) is 27.2. The number of esters is 1. The van der Waals surface area contributed by atoms with Gasteiger partial charge in [0.1, 0.15) is 6.04 Å². The van der Waals surface area contributed by atoms with E-state index in [0.717, 1.165) is 32.7 Å². The number of nitrogens with one attached hydrogen (secondary N) is 2. The Labute approximate surface area is 283 Å². The predicted octanol–water partition coefficient (Wildman–Crippen LogP) is 5.80. The van der Waals surface area contributed by atoms with Crippen LogP contribution in [0.15, 0.2) is 108 Å². The molecule has 5 rings (SSSR count). The summed E-state index contributed by atoms with van der Waals surface area (Å²) in [5, 5.41) is 24.2. The molecule has 4 aromatic rings. The van der Waals surface area contributed by atoms with Gasteiger partial charge in [-0.3, -0.25) is 0 Å². The fraction of sp³-hybridized carbons (Fsp3) is 0.270. The van der Waals surface area contributed by atoms with E-state index < -0.39 is 30.3 Å². The van der Waals surface area contributed by atoms with Crippen molar-refractivity contribution >= 4 is 29.7 Å². The van der Waals surface area contributed by atoms with E-state index in [4.69, 9.17) is 14.2 Å². The zero-order chi connectivity index (χ0) is 33.9. The average molecular weight is 671 g/mol. The number of carboxylic acids is 1. The minimum atomic E-state index is -0.965. The number of thioether (sulfide) groups is 1. The molecule has 4 unspecified atom stereocenters. The Hall–Kier alpha value is -4.68. The minimum Gasteiger partial charge on any atom is -0.478 e. The molecule has 0 spiro atoms. The molecule has 0 aliphatic carbocycles. The number of carbonyl (C=O) groups is 3. The molecule has 0 radical (unpaired) electrons. The highest BCUT2D eigenvalue weighted by Gasteiger charge is 2.32. The largest absolute Gasteiger partial charge is 0.478 e. The van der Waals surface area contributed by atoms with Crippen LogP contribution in [0, 0.1) is 0 Å². The van der Waals surface area contributed by atoms with Crippen LogP contribution in [0.1, 0.15) is 57.0 Å². The summed E-state index contributed by atoms with van der Waals surface area (Å²) in [6, 6.07) is 30.1. The molecule has 0 bridgehead atoms. The van der Waals surface area contributed by atoms with Crippen LogP contribution in [0.25, 0.3) is 0 Å². The second kappa shape index (κ2) is 16.9. The summed E-state index contributed by atoms with van der Waals surface area (Å²) >= 11 is 1.59. The lowest BCUT2D eigenvalue weighted by atomic mass is 10.0. The number of ether oxygens (including phenoxy) is 3. The summed E-state index contributed by atoms with van der Waals surface area (Å²) in [7, 11) is 1.29. The number of carbonyl (C=O) groups excluding carboxylic acids is 2. The predicted molar refractivity (Wildman–Crippen MR) is 180 cm³/mol. The molecule has 4 aromatic carbocycles. The molecule has 1 aliphatic heterocycles. The first-order valence-corrected chi connectivity index (χ1v) is 16.5. The van der Waals surface area contributed by atoms with Gasteiger partial charge in [-0.25, -0.2) is 14.4 Å². The third-order valence-electron chi connectivity index (χ3n) is 7.93. The van der Waals surface area contributed by atoms with Crippen molar-refractivity contribution < 1.29 is 38.8 Å². The number of aromatic carboxylic acids is 1. The van der Waals surface area contributed by atoms with Gasteiger partial charge < -0.3 is 35.1 Å². The van der Waals surface area contributed by atoms with Crippen LogP contribution < -0.4 is 10.6 Å². The molecule has 250 valence electrons. The van der Waals surface area contributed by atoms with E-state index in [9.17, 15) is 24.6 Å². The van der Waals surface area contributed by atoms with Gasteiger partial charge in [0.25, 0.3) is 0 Å². The Bertz CT molecular complexity index is 1650. The van der Waals surface area contributed by atoms with Crippen LogP contribution in [-0.2, 0) is 38.6 Å². The smallest absolute Gasteiger partial charge is 0.335 e. The van der Waals surface area contributed by atoms with Crippen molar-refractivity contribution in [1.29, 1.82) is 0 Å². The van der Waals surface area contributed by atoms with Crippen molar-refractivity contribution in [2.75, 3.05) is 12.9 Å². The lowest BCUT2D eigenvalue weighted by Crippen LogP contribution is -2.47. The van der Waals surface area contributed by atoms with Crippen molar-refractivity contribution in [1.82, 2.24) is 10.6 Å². The van der Waals surface area contributed by atoms with Gasteiger partial charge in [0, 0.05) is 35.6 Å².